The Hall–Kier alpha value is -2.45. The zero-order valence-electron chi connectivity index (χ0n) is 17.7. The molecule has 0 radical (unpaired) electrons. The minimum atomic E-state index is -4.67. The van der Waals surface area contributed by atoms with Crippen molar-refractivity contribution in [3.05, 3.63) is 59.1 Å². The minimum Gasteiger partial charge on any atom is -0.497 e. The fourth-order valence-electron chi connectivity index (χ4n) is 3.87. The van der Waals surface area contributed by atoms with E-state index in [1.807, 2.05) is 24.3 Å². The molecule has 0 aromatic heterocycles. The van der Waals surface area contributed by atoms with Crippen molar-refractivity contribution in [2.24, 2.45) is 5.92 Å². The summed E-state index contributed by atoms with van der Waals surface area (Å²) in [6.07, 6.45) is -5.57. The van der Waals surface area contributed by atoms with Crippen molar-refractivity contribution >= 4 is 23.4 Å². The number of hydrogen-bond donors (Lipinski definition) is 1. The Morgan fingerprint density at radius 1 is 1.25 bits per heavy atom. The van der Waals surface area contributed by atoms with Crippen molar-refractivity contribution in [3.63, 3.8) is 0 Å². The standard InChI is InChI=1S/C23H26ClF3N2O3/c1-31-20-6-2-4-16(13-20)12-17-5-3-11-29(14-17)15-21(23(25,26)27)32-22(30)28-19-9-7-18(24)8-10-19/h2,4,6-10,13,17,21H,3,5,11-12,14-15H2,1H3,(H,28,30). The Labute approximate surface area is 190 Å². The van der Waals surface area contributed by atoms with Crippen molar-refractivity contribution in [1.29, 1.82) is 0 Å². The number of piperidine rings is 1. The maximum Gasteiger partial charge on any atom is 0.426 e. The number of likely N-dealkylation sites (tertiary alicyclic amines) is 1. The fourth-order valence-corrected chi connectivity index (χ4v) is 3.99. The van der Waals surface area contributed by atoms with Crippen molar-refractivity contribution < 1.29 is 27.4 Å². The Bertz CT molecular complexity index is 893. The molecule has 32 heavy (non-hydrogen) atoms. The number of nitrogens with one attached hydrogen (secondary N) is 1. The van der Waals surface area contributed by atoms with Crippen LogP contribution in [-0.2, 0) is 11.2 Å². The number of anilines is 1. The highest BCUT2D eigenvalue weighted by molar-refractivity contribution is 6.30. The van der Waals surface area contributed by atoms with Crippen LogP contribution in [0.5, 0.6) is 5.75 Å². The first kappa shape index (κ1) is 24.2. The van der Waals surface area contributed by atoms with Gasteiger partial charge >= 0.3 is 12.3 Å². The Balaban J connectivity index is 1.58. The van der Waals surface area contributed by atoms with Gasteiger partial charge in [-0.05, 0) is 73.7 Å². The molecule has 9 heteroatoms. The highest BCUT2D eigenvalue weighted by Gasteiger charge is 2.44. The van der Waals surface area contributed by atoms with Crippen LogP contribution in [0.15, 0.2) is 48.5 Å². The van der Waals surface area contributed by atoms with Gasteiger partial charge in [0.25, 0.3) is 0 Å². The summed E-state index contributed by atoms with van der Waals surface area (Å²) in [5, 5.41) is 2.76. The molecule has 1 saturated heterocycles. The third kappa shape index (κ3) is 7.31. The molecule has 1 N–H and O–H groups in total. The number of benzene rings is 2. The summed E-state index contributed by atoms with van der Waals surface area (Å²) in [4.78, 5) is 13.8. The Kier molecular flexibility index (Phi) is 8.26. The number of hydrogen-bond acceptors (Lipinski definition) is 4. The highest BCUT2D eigenvalue weighted by atomic mass is 35.5. The molecule has 5 nitrogen and oxygen atoms in total. The first-order chi connectivity index (χ1) is 15.2. The van der Waals surface area contributed by atoms with E-state index in [0.29, 0.717) is 23.8 Å². The van der Waals surface area contributed by atoms with Gasteiger partial charge in [-0.3, -0.25) is 10.2 Å². The number of halogens is 4. The quantitative estimate of drug-likeness (QED) is 0.557. The van der Waals surface area contributed by atoms with E-state index in [9.17, 15) is 18.0 Å². The topological polar surface area (TPSA) is 50.8 Å². The number of nitrogens with zero attached hydrogens (tertiary/aromatic N) is 1. The van der Waals surface area contributed by atoms with Crippen LogP contribution < -0.4 is 10.1 Å². The van der Waals surface area contributed by atoms with E-state index in [1.54, 1.807) is 12.0 Å². The maximum absolute atomic E-state index is 13.6. The van der Waals surface area contributed by atoms with Crippen LogP contribution in [0.2, 0.25) is 5.02 Å². The number of carbonyl (C=O) groups is 1. The fraction of sp³-hybridized carbons (Fsp3) is 0.435. The van der Waals surface area contributed by atoms with E-state index in [1.165, 1.54) is 24.3 Å². The zero-order valence-corrected chi connectivity index (χ0v) is 18.5. The minimum absolute atomic E-state index is 0.215. The van der Waals surface area contributed by atoms with Crippen LogP contribution in [0.1, 0.15) is 18.4 Å². The van der Waals surface area contributed by atoms with Crippen molar-refractivity contribution in [2.45, 2.75) is 31.5 Å². The molecule has 0 spiro atoms. The summed E-state index contributed by atoms with van der Waals surface area (Å²) in [5.74, 6) is 0.972. The summed E-state index contributed by atoms with van der Waals surface area (Å²) in [5.41, 5.74) is 1.39. The molecule has 0 saturated carbocycles. The van der Waals surface area contributed by atoms with Gasteiger partial charge in [-0.25, -0.2) is 4.79 Å². The number of amides is 1. The lowest BCUT2D eigenvalue weighted by Crippen LogP contribution is -2.47. The lowest BCUT2D eigenvalue weighted by atomic mass is 9.91. The number of rotatable bonds is 7. The SMILES string of the molecule is COc1cccc(CC2CCCN(CC(OC(=O)Nc3ccc(Cl)cc3)C(F)(F)F)C2)c1. The van der Waals surface area contributed by atoms with Crippen LogP contribution in [0, 0.1) is 5.92 Å². The van der Waals surface area contributed by atoms with Crippen LogP contribution in [0.3, 0.4) is 0 Å². The number of alkyl halides is 3. The molecule has 1 aliphatic rings. The molecule has 0 aliphatic carbocycles. The van der Waals surface area contributed by atoms with E-state index < -0.39 is 24.9 Å². The summed E-state index contributed by atoms with van der Waals surface area (Å²) in [7, 11) is 1.60. The molecule has 174 valence electrons. The summed E-state index contributed by atoms with van der Waals surface area (Å²) >= 11 is 5.77. The predicted octanol–water partition coefficient (Wildman–Crippen LogP) is 5.78. The molecule has 3 rings (SSSR count). The Morgan fingerprint density at radius 2 is 2.00 bits per heavy atom. The van der Waals surface area contributed by atoms with Gasteiger partial charge in [0.05, 0.1) is 7.11 Å². The third-order valence-corrected chi connectivity index (χ3v) is 5.64. The molecule has 2 aromatic carbocycles. The van der Waals surface area contributed by atoms with Crippen LogP contribution >= 0.6 is 11.6 Å². The second-order valence-electron chi connectivity index (χ2n) is 7.89. The smallest absolute Gasteiger partial charge is 0.426 e. The number of methoxy groups -OCH3 is 1. The van der Waals surface area contributed by atoms with Crippen molar-refractivity contribution in [1.82, 2.24) is 4.90 Å². The average molecular weight is 471 g/mol. The number of carbonyl (C=O) groups excluding carboxylic acids is 1. The van der Waals surface area contributed by atoms with E-state index in [-0.39, 0.29) is 5.92 Å². The maximum atomic E-state index is 13.6. The van der Waals surface area contributed by atoms with Gasteiger partial charge in [0.2, 0.25) is 6.10 Å². The van der Waals surface area contributed by atoms with Crippen LogP contribution in [0.4, 0.5) is 23.7 Å². The van der Waals surface area contributed by atoms with Crippen molar-refractivity contribution in [2.75, 3.05) is 32.1 Å². The van der Waals surface area contributed by atoms with E-state index in [2.05, 4.69) is 5.32 Å². The normalized spacial score (nSPS) is 18.1. The highest BCUT2D eigenvalue weighted by Crippen LogP contribution is 2.28. The second-order valence-corrected chi connectivity index (χ2v) is 8.33. The lowest BCUT2D eigenvalue weighted by Gasteiger charge is -2.35. The molecule has 0 bridgehead atoms. The molecular formula is C23H26ClF3N2O3. The first-order valence-corrected chi connectivity index (χ1v) is 10.8. The second kappa shape index (κ2) is 10.9. The van der Waals surface area contributed by atoms with Gasteiger partial charge in [0, 0.05) is 23.8 Å². The van der Waals surface area contributed by atoms with Crippen LogP contribution in [0.25, 0.3) is 0 Å². The van der Waals surface area contributed by atoms with Gasteiger partial charge in [-0.15, -0.1) is 0 Å². The predicted molar refractivity (Wildman–Crippen MR) is 117 cm³/mol. The monoisotopic (exact) mass is 470 g/mol. The largest absolute Gasteiger partial charge is 0.497 e. The van der Waals surface area contributed by atoms with Gasteiger partial charge < -0.3 is 9.47 Å². The molecule has 2 aromatic rings. The van der Waals surface area contributed by atoms with E-state index in [4.69, 9.17) is 21.1 Å². The van der Waals surface area contributed by atoms with Gasteiger partial charge in [0.15, 0.2) is 0 Å². The van der Waals surface area contributed by atoms with Crippen molar-refractivity contribution in [3.8, 4) is 5.75 Å². The molecule has 1 fully saturated rings. The van der Waals surface area contributed by atoms with E-state index in [0.717, 1.165) is 30.6 Å². The summed E-state index contributed by atoms with van der Waals surface area (Å²) in [6, 6.07) is 13.7. The average Bonchev–Trinajstić information content (AvgIpc) is 2.75. The third-order valence-electron chi connectivity index (χ3n) is 5.39. The summed E-state index contributed by atoms with van der Waals surface area (Å²) < 4.78 is 50.8. The van der Waals surface area contributed by atoms with E-state index >= 15 is 0 Å². The molecule has 1 amide bonds. The lowest BCUT2D eigenvalue weighted by molar-refractivity contribution is -0.207. The Morgan fingerprint density at radius 3 is 2.69 bits per heavy atom. The summed E-state index contributed by atoms with van der Waals surface area (Å²) in [6.45, 7) is 0.640. The first-order valence-electron chi connectivity index (χ1n) is 10.4. The van der Waals surface area contributed by atoms with Gasteiger partial charge in [-0.2, -0.15) is 13.2 Å². The molecule has 1 heterocycles. The number of ether oxygens (including phenoxy) is 2. The van der Waals surface area contributed by atoms with Crippen LogP contribution in [-0.4, -0.2) is 50.0 Å². The van der Waals surface area contributed by atoms with Gasteiger partial charge in [0.1, 0.15) is 5.75 Å². The zero-order chi connectivity index (χ0) is 23.1. The molecular weight excluding hydrogens is 445 g/mol. The molecule has 2 unspecified atom stereocenters. The molecule has 2 atom stereocenters. The van der Waals surface area contributed by atoms with Gasteiger partial charge in [-0.1, -0.05) is 23.7 Å². The molecule has 1 aliphatic heterocycles.